The van der Waals surface area contributed by atoms with E-state index in [0.717, 1.165) is 12.0 Å². The fourth-order valence-corrected chi connectivity index (χ4v) is 3.05. The fraction of sp³-hybridized carbons (Fsp3) is 0.364. The second-order valence-electron chi connectivity index (χ2n) is 6.58. The van der Waals surface area contributed by atoms with Crippen LogP contribution in [0.25, 0.3) is 0 Å². The molecule has 0 saturated heterocycles. The number of hydrogen-bond acceptors (Lipinski definition) is 3. The summed E-state index contributed by atoms with van der Waals surface area (Å²) in [6, 6.07) is 12.1. The summed E-state index contributed by atoms with van der Waals surface area (Å²) in [7, 11) is 0. The van der Waals surface area contributed by atoms with E-state index in [4.69, 9.17) is 16.3 Å². The van der Waals surface area contributed by atoms with Crippen molar-refractivity contribution < 1.29 is 18.7 Å². The highest BCUT2D eigenvalue weighted by Crippen LogP contribution is 2.23. The standard InChI is InChI=1S/C22H26ClFN2O3/c1-3-13-25-22(28)19(4-2)26(14-16-9-11-17(24)12-10-16)21(27)15-29-20-8-6-5-7-18(20)23/h5-12,19H,3-4,13-15H2,1-2H3,(H,25,28). The van der Waals surface area contributed by atoms with E-state index in [1.165, 1.54) is 17.0 Å². The molecule has 7 heteroatoms. The van der Waals surface area contributed by atoms with Gasteiger partial charge in [0, 0.05) is 13.1 Å². The van der Waals surface area contributed by atoms with E-state index >= 15 is 0 Å². The molecule has 0 heterocycles. The van der Waals surface area contributed by atoms with Gasteiger partial charge in [0.05, 0.1) is 5.02 Å². The highest BCUT2D eigenvalue weighted by Gasteiger charge is 2.28. The molecular weight excluding hydrogens is 395 g/mol. The van der Waals surface area contributed by atoms with Crippen LogP contribution >= 0.6 is 11.6 Å². The molecule has 156 valence electrons. The third kappa shape index (κ3) is 6.75. The van der Waals surface area contributed by atoms with Crippen molar-refractivity contribution in [2.45, 2.75) is 39.3 Å². The Morgan fingerprint density at radius 3 is 2.45 bits per heavy atom. The third-order valence-electron chi connectivity index (χ3n) is 4.39. The average molecular weight is 421 g/mol. The van der Waals surface area contributed by atoms with E-state index in [1.54, 1.807) is 36.4 Å². The monoisotopic (exact) mass is 420 g/mol. The van der Waals surface area contributed by atoms with Gasteiger partial charge in [-0.1, -0.05) is 49.7 Å². The number of carbonyl (C=O) groups excluding carboxylic acids is 2. The number of rotatable bonds is 10. The second kappa shape index (κ2) is 11.4. The van der Waals surface area contributed by atoms with Crippen LogP contribution in [0.3, 0.4) is 0 Å². The Labute approximate surface area is 175 Å². The molecule has 0 bridgehead atoms. The zero-order chi connectivity index (χ0) is 21.2. The molecule has 1 atom stereocenters. The third-order valence-corrected chi connectivity index (χ3v) is 4.70. The normalized spacial score (nSPS) is 11.6. The molecular formula is C22H26ClFN2O3. The van der Waals surface area contributed by atoms with Gasteiger partial charge < -0.3 is 15.0 Å². The number of ether oxygens (including phenoxy) is 1. The number of benzene rings is 2. The van der Waals surface area contributed by atoms with Gasteiger partial charge in [-0.05, 0) is 42.7 Å². The van der Waals surface area contributed by atoms with Gasteiger partial charge >= 0.3 is 0 Å². The lowest BCUT2D eigenvalue weighted by atomic mass is 10.1. The number of hydrogen-bond donors (Lipinski definition) is 1. The minimum Gasteiger partial charge on any atom is -0.482 e. The van der Waals surface area contributed by atoms with Gasteiger partial charge in [-0.15, -0.1) is 0 Å². The quantitative estimate of drug-likeness (QED) is 0.627. The van der Waals surface area contributed by atoms with Crippen molar-refractivity contribution in [3.8, 4) is 5.75 Å². The Kier molecular flexibility index (Phi) is 8.93. The van der Waals surface area contributed by atoms with Crippen molar-refractivity contribution in [3.05, 3.63) is 64.9 Å². The summed E-state index contributed by atoms with van der Waals surface area (Å²) in [5, 5.41) is 3.24. The maximum atomic E-state index is 13.2. The number of nitrogens with one attached hydrogen (secondary N) is 1. The molecule has 29 heavy (non-hydrogen) atoms. The van der Waals surface area contributed by atoms with Gasteiger partial charge in [0.15, 0.2) is 6.61 Å². The summed E-state index contributed by atoms with van der Waals surface area (Å²) in [6.45, 7) is 4.24. The summed E-state index contributed by atoms with van der Waals surface area (Å²) in [5.41, 5.74) is 0.722. The Bertz CT molecular complexity index is 814. The zero-order valence-corrected chi connectivity index (χ0v) is 17.4. The Morgan fingerprint density at radius 1 is 1.14 bits per heavy atom. The summed E-state index contributed by atoms with van der Waals surface area (Å²) in [6.07, 6.45) is 1.23. The largest absolute Gasteiger partial charge is 0.482 e. The van der Waals surface area contributed by atoms with Crippen LogP contribution in [0.2, 0.25) is 5.02 Å². The number of para-hydroxylation sites is 1. The Morgan fingerprint density at radius 2 is 1.83 bits per heavy atom. The van der Waals surface area contributed by atoms with Crippen LogP contribution in [0, 0.1) is 5.82 Å². The van der Waals surface area contributed by atoms with Crippen molar-refractivity contribution in [1.29, 1.82) is 0 Å². The lowest BCUT2D eigenvalue weighted by molar-refractivity contribution is -0.143. The predicted molar refractivity (Wildman–Crippen MR) is 111 cm³/mol. The molecule has 2 aromatic rings. The molecule has 5 nitrogen and oxygen atoms in total. The maximum absolute atomic E-state index is 13.2. The molecule has 0 aliphatic rings. The summed E-state index contributed by atoms with van der Waals surface area (Å²) in [4.78, 5) is 27.1. The molecule has 0 saturated carbocycles. The van der Waals surface area contributed by atoms with E-state index in [-0.39, 0.29) is 30.8 Å². The summed E-state index contributed by atoms with van der Waals surface area (Å²) in [5.74, 6) is -0.538. The van der Waals surface area contributed by atoms with Crippen molar-refractivity contribution >= 4 is 23.4 Å². The first-order valence-electron chi connectivity index (χ1n) is 9.65. The molecule has 1 unspecified atom stereocenters. The van der Waals surface area contributed by atoms with Crippen molar-refractivity contribution in [2.24, 2.45) is 0 Å². The molecule has 2 amide bonds. The zero-order valence-electron chi connectivity index (χ0n) is 16.7. The van der Waals surface area contributed by atoms with E-state index < -0.39 is 6.04 Å². The molecule has 2 aromatic carbocycles. The van der Waals surface area contributed by atoms with Crippen LogP contribution < -0.4 is 10.1 Å². The average Bonchev–Trinajstić information content (AvgIpc) is 2.72. The first-order chi connectivity index (χ1) is 14.0. The highest BCUT2D eigenvalue weighted by molar-refractivity contribution is 6.32. The van der Waals surface area contributed by atoms with Gasteiger partial charge in [-0.3, -0.25) is 9.59 Å². The molecule has 0 aliphatic heterocycles. The highest BCUT2D eigenvalue weighted by atomic mass is 35.5. The van der Waals surface area contributed by atoms with Crippen LogP contribution in [0.5, 0.6) is 5.75 Å². The topological polar surface area (TPSA) is 58.6 Å². The van der Waals surface area contributed by atoms with Gasteiger partial charge in [0.25, 0.3) is 5.91 Å². The van der Waals surface area contributed by atoms with Crippen molar-refractivity contribution in [2.75, 3.05) is 13.2 Å². The summed E-state index contributed by atoms with van der Waals surface area (Å²) < 4.78 is 18.8. The molecule has 0 spiro atoms. The van der Waals surface area contributed by atoms with E-state index in [9.17, 15) is 14.0 Å². The van der Waals surface area contributed by atoms with Gasteiger partial charge in [-0.25, -0.2) is 4.39 Å². The Hall–Kier alpha value is -2.60. The first-order valence-corrected chi connectivity index (χ1v) is 10.0. The smallest absolute Gasteiger partial charge is 0.261 e. The minimum absolute atomic E-state index is 0.170. The SMILES string of the molecule is CCCNC(=O)C(CC)N(Cc1ccc(F)cc1)C(=O)COc1ccccc1Cl. The number of carbonyl (C=O) groups is 2. The predicted octanol–water partition coefficient (Wildman–Crippen LogP) is 4.19. The van der Waals surface area contributed by atoms with Crippen LogP contribution in [-0.4, -0.2) is 35.9 Å². The minimum atomic E-state index is -0.658. The Balaban J connectivity index is 2.19. The molecule has 0 aliphatic carbocycles. The molecule has 2 rings (SSSR count). The maximum Gasteiger partial charge on any atom is 0.261 e. The van der Waals surface area contributed by atoms with Gasteiger partial charge in [-0.2, -0.15) is 0 Å². The van der Waals surface area contributed by atoms with Crippen LogP contribution in [0.1, 0.15) is 32.3 Å². The van der Waals surface area contributed by atoms with Crippen LogP contribution in [-0.2, 0) is 16.1 Å². The number of halogens is 2. The first kappa shape index (κ1) is 22.7. The van der Waals surface area contributed by atoms with Gasteiger partial charge in [0.1, 0.15) is 17.6 Å². The summed E-state index contributed by atoms with van der Waals surface area (Å²) >= 11 is 6.08. The van der Waals surface area contributed by atoms with Crippen molar-refractivity contribution in [3.63, 3.8) is 0 Å². The van der Waals surface area contributed by atoms with Gasteiger partial charge in [0.2, 0.25) is 5.91 Å². The lowest BCUT2D eigenvalue weighted by Crippen LogP contribution is -2.50. The molecule has 1 N–H and O–H groups in total. The second-order valence-corrected chi connectivity index (χ2v) is 6.99. The number of nitrogens with zero attached hydrogens (tertiary/aromatic N) is 1. The van der Waals surface area contributed by atoms with E-state index in [0.29, 0.717) is 23.7 Å². The molecule has 0 aromatic heterocycles. The van der Waals surface area contributed by atoms with E-state index in [1.807, 2.05) is 13.8 Å². The number of amides is 2. The van der Waals surface area contributed by atoms with Crippen LogP contribution in [0.15, 0.2) is 48.5 Å². The molecule has 0 fully saturated rings. The van der Waals surface area contributed by atoms with Crippen molar-refractivity contribution in [1.82, 2.24) is 10.2 Å². The fourth-order valence-electron chi connectivity index (χ4n) is 2.86. The molecule has 0 radical (unpaired) electrons. The lowest BCUT2D eigenvalue weighted by Gasteiger charge is -2.30. The van der Waals surface area contributed by atoms with Crippen LogP contribution in [0.4, 0.5) is 4.39 Å². The van der Waals surface area contributed by atoms with E-state index in [2.05, 4.69) is 5.32 Å².